The highest BCUT2D eigenvalue weighted by atomic mass is 28.3. The predicted molar refractivity (Wildman–Crippen MR) is 175 cm³/mol. The van der Waals surface area contributed by atoms with Crippen LogP contribution in [0.4, 0.5) is 11.5 Å². The number of aromatic nitrogens is 3. The van der Waals surface area contributed by atoms with Crippen LogP contribution in [0.3, 0.4) is 0 Å². The summed E-state index contributed by atoms with van der Waals surface area (Å²) in [7, 11) is 0.892. The molecule has 2 aromatic heterocycles. The molecule has 5 rings (SSSR count). The Morgan fingerprint density at radius 2 is 1.80 bits per heavy atom. The zero-order valence-electron chi connectivity index (χ0n) is 26.7. The second-order valence-corrected chi connectivity index (χ2v) is 19.2. The molecule has 2 amide bonds. The summed E-state index contributed by atoms with van der Waals surface area (Å²) in [5, 5.41) is 7.83. The molecule has 44 heavy (non-hydrogen) atoms. The minimum Gasteiger partial charge on any atom is -0.490 e. The summed E-state index contributed by atoms with van der Waals surface area (Å²) in [4.78, 5) is 35.5. The van der Waals surface area contributed by atoms with Crippen molar-refractivity contribution in [1.29, 1.82) is 0 Å². The predicted octanol–water partition coefficient (Wildman–Crippen LogP) is 4.74. The first-order chi connectivity index (χ1) is 21.0. The molecule has 1 aromatic carbocycles. The van der Waals surface area contributed by atoms with Crippen LogP contribution in [0.2, 0.25) is 25.7 Å². The molecule has 0 radical (unpaired) electrons. The summed E-state index contributed by atoms with van der Waals surface area (Å²) in [6.07, 6.45) is 7.09. The van der Waals surface area contributed by atoms with Crippen LogP contribution in [0.15, 0.2) is 36.7 Å². The van der Waals surface area contributed by atoms with Crippen molar-refractivity contribution in [1.82, 2.24) is 24.6 Å². The van der Waals surface area contributed by atoms with Gasteiger partial charge in [0.05, 0.1) is 35.0 Å². The van der Waals surface area contributed by atoms with Gasteiger partial charge in [0.15, 0.2) is 0 Å². The number of carbonyl (C=O) groups excluding carboxylic acids is 2. The molecule has 3 aromatic rings. The monoisotopic (exact) mass is 621 g/mol. The third-order valence-corrected chi connectivity index (χ3v) is 10.4. The van der Waals surface area contributed by atoms with Crippen molar-refractivity contribution in [2.75, 3.05) is 44.3 Å². The van der Waals surface area contributed by atoms with Crippen molar-refractivity contribution >= 4 is 42.3 Å². The molecule has 0 unspecified atom stereocenters. The molecular formula is C32H47N7O4Si. The summed E-state index contributed by atoms with van der Waals surface area (Å²) >= 11 is 0. The number of fused-ring (bicyclic) bond motifs is 1. The van der Waals surface area contributed by atoms with Crippen molar-refractivity contribution in [3.63, 3.8) is 0 Å². The quantitative estimate of drug-likeness (QED) is 0.199. The summed E-state index contributed by atoms with van der Waals surface area (Å²) in [5.41, 5.74) is 8.07. The van der Waals surface area contributed by atoms with Crippen LogP contribution in [0, 0.1) is 5.92 Å². The fourth-order valence-electron chi connectivity index (χ4n) is 5.93. The van der Waals surface area contributed by atoms with E-state index >= 15 is 0 Å². The van der Waals surface area contributed by atoms with Crippen molar-refractivity contribution in [2.24, 2.45) is 5.92 Å². The van der Waals surface area contributed by atoms with Gasteiger partial charge in [0.1, 0.15) is 24.4 Å². The fourth-order valence-corrected chi connectivity index (χ4v) is 6.69. The number of likely N-dealkylation sites (tertiary alicyclic amines) is 2. The van der Waals surface area contributed by atoms with E-state index in [2.05, 4.69) is 53.9 Å². The van der Waals surface area contributed by atoms with E-state index < -0.39 is 19.9 Å². The fraction of sp³-hybridized carbons (Fsp3) is 0.562. The van der Waals surface area contributed by atoms with Crippen LogP contribution >= 0.6 is 0 Å². The van der Waals surface area contributed by atoms with Crippen LogP contribution in [0.25, 0.3) is 10.9 Å². The highest BCUT2D eigenvalue weighted by molar-refractivity contribution is 6.76. The maximum absolute atomic E-state index is 13.7. The SMILES string of the molecule is C[C@H]1CC[C@H](c2ccc(OC3CCN(C)CC3)cc2)N(C(=O)C(=O)Nc2cnc(N)c3cnn(COCC[Si](C)(C)C)c23)C1. The van der Waals surface area contributed by atoms with Gasteiger partial charge < -0.3 is 30.3 Å². The summed E-state index contributed by atoms with van der Waals surface area (Å²) in [6, 6.07) is 8.85. The number of nitrogens with zero attached hydrogens (tertiary/aromatic N) is 5. The molecule has 0 bridgehead atoms. The van der Waals surface area contributed by atoms with E-state index in [0.29, 0.717) is 35.6 Å². The normalized spacial score (nSPS) is 20.2. The highest BCUT2D eigenvalue weighted by Crippen LogP contribution is 2.35. The number of nitrogen functional groups attached to an aromatic ring is 1. The number of nitrogens with one attached hydrogen (secondary N) is 1. The molecule has 238 valence electrons. The van der Waals surface area contributed by atoms with E-state index in [1.807, 2.05) is 24.3 Å². The van der Waals surface area contributed by atoms with Crippen LogP contribution in [-0.2, 0) is 21.1 Å². The average Bonchev–Trinajstić information content (AvgIpc) is 3.43. The van der Waals surface area contributed by atoms with Gasteiger partial charge in [0.25, 0.3) is 0 Å². The topological polar surface area (TPSA) is 128 Å². The number of hydrogen-bond donors (Lipinski definition) is 2. The number of pyridine rings is 1. The minimum atomic E-state index is -1.25. The summed E-state index contributed by atoms with van der Waals surface area (Å²) in [6.45, 7) is 12.4. The van der Waals surface area contributed by atoms with E-state index in [4.69, 9.17) is 15.2 Å². The molecule has 2 aliphatic heterocycles. The number of anilines is 2. The van der Waals surface area contributed by atoms with Gasteiger partial charge in [-0.1, -0.05) is 38.7 Å². The van der Waals surface area contributed by atoms with Crippen LogP contribution < -0.4 is 15.8 Å². The Bertz CT molecular complexity index is 1450. The number of hydrogen-bond acceptors (Lipinski definition) is 8. The number of amides is 2. The number of piperidine rings is 2. The number of carbonyl (C=O) groups is 2. The van der Waals surface area contributed by atoms with Gasteiger partial charge in [-0.2, -0.15) is 5.10 Å². The minimum absolute atomic E-state index is 0.198. The van der Waals surface area contributed by atoms with Gasteiger partial charge in [-0.05, 0) is 62.4 Å². The highest BCUT2D eigenvalue weighted by Gasteiger charge is 2.35. The Labute approximate surface area is 261 Å². The lowest BCUT2D eigenvalue weighted by Crippen LogP contribution is -2.46. The second kappa shape index (κ2) is 13.7. The lowest BCUT2D eigenvalue weighted by Gasteiger charge is -2.38. The molecule has 2 saturated heterocycles. The van der Waals surface area contributed by atoms with Gasteiger partial charge in [-0.25, -0.2) is 9.67 Å². The molecule has 11 nitrogen and oxygen atoms in total. The standard InChI is InChI=1S/C32H47N7O4Si/c1-22-6-11-28(23-7-9-24(10-8-23)43-25-12-14-37(2)15-13-25)38(20-22)32(41)31(40)36-27-19-34-30(33)26-18-35-39(29(26)27)21-42-16-17-44(3,4)5/h7-10,18-19,22,25,28H,6,11-17,20-21H2,1-5H3,(H2,33,34)(H,36,40)/t22-,28+/m0/s1. The lowest BCUT2D eigenvalue weighted by molar-refractivity contribution is -0.146. The largest absolute Gasteiger partial charge is 0.490 e. The van der Waals surface area contributed by atoms with E-state index in [9.17, 15) is 9.59 Å². The number of ether oxygens (including phenoxy) is 2. The van der Waals surface area contributed by atoms with Crippen LogP contribution in [0.1, 0.15) is 44.2 Å². The Morgan fingerprint density at radius 3 is 2.50 bits per heavy atom. The Balaban J connectivity index is 1.28. The number of nitrogens with two attached hydrogens (primary N) is 1. The average molecular weight is 622 g/mol. The third kappa shape index (κ3) is 7.77. The zero-order chi connectivity index (χ0) is 31.4. The molecule has 4 heterocycles. The first-order valence-electron chi connectivity index (χ1n) is 15.7. The van der Waals surface area contributed by atoms with Gasteiger partial charge in [-0.15, -0.1) is 0 Å². The maximum atomic E-state index is 13.7. The van der Waals surface area contributed by atoms with Crippen LogP contribution in [0.5, 0.6) is 5.75 Å². The molecule has 0 aliphatic carbocycles. The summed E-state index contributed by atoms with van der Waals surface area (Å²) in [5.74, 6) is 0.131. The first-order valence-corrected chi connectivity index (χ1v) is 19.4. The number of rotatable bonds is 9. The zero-order valence-corrected chi connectivity index (χ0v) is 27.7. The first kappa shape index (κ1) is 31.9. The lowest BCUT2D eigenvalue weighted by atomic mass is 9.89. The van der Waals surface area contributed by atoms with Gasteiger partial charge in [-0.3, -0.25) is 9.59 Å². The molecule has 2 aliphatic rings. The Kier molecular flexibility index (Phi) is 9.91. The van der Waals surface area contributed by atoms with E-state index in [-0.39, 0.29) is 24.8 Å². The molecular weight excluding hydrogens is 574 g/mol. The number of benzene rings is 1. The molecule has 0 spiro atoms. The smallest absolute Gasteiger partial charge is 0.314 e. The molecule has 2 fully saturated rings. The van der Waals surface area contributed by atoms with Crippen molar-refractivity contribution in [3.05, 3.63) is 42.2 Å². The molecule has 3 N–H and O–H groups in total. The van der Waals surface area contributed by atoms with Gasteiger partial charge >= 0.3 is 11.8 Å². The molecule has 2 atom stereocenters. The van der Waals surface area contributed by atoms with E-state index in [1.54, 1.807) is 15.8 Å². The van der Waals surface area contributed by atoms with Gasteiger partial charge in [0, 0.05) is 34.3 Å². The van der Waals surface area contributed by atoms with Gasteiger partial charge in [0.2, 0.25) is 0 Å². The van der Waals surface area contributed by atoms with Crippen molar-refractivity contribution in [2.45, 2.75) is 77.2 Å². The van der Waals surface area contributed by atoms with E-state index in [0.717, 1.165) is 56.1 Å². The van der Waals surface area contributed by atoms with E-state index in [1.165, 1.54) is 6.20 Å². The Hall–Kier alpha value is -3.48. The molecule has 0 saturated carbocycles. The van der Waals surface area contributed by atoms with Crippen LogP contribution in [-0.4, -0.2) is 83.8 Å². The summed E-state index contributed by atoms with van der Waals surface area (Å²) < 4.78 is 13.8. The van der Waals surface area contributed by atoms with Crippen molar-refractivity contribution < 1.29 is 19.1 Å². The Morgan fingerprint density at radius 1 is 1.07 bits per heavy atom. The third-order valence-electron chi connectivity index (χ3n) is 8.67. The molecule has 12 heteroatoms. The van der Waals surface area contributed by atoms with Crippen molar-refractivity contribution in [3.8, 4) is 5.75 Å². The maximum Gasteiger partial charge on any atom is 0.314 e. The second-order valence-electron chi connectivity index (χ2n) is 13.6.